The van der Waals surface area contributed by atoms with Crippen molar-refractivity contribution in [3.05, 3.63) is 69.4 Å². The van der Waals surface area contributed by atoms with Gasteiger partial charge in [0.2, 0.25) is 0 Å². The normalized spacial score (nSPS) is 15.1. The second kappa shape index (κ2) is 6.42. The van der Waals surface area contributed by atoms with Crippen LogP contribution in [-0.2, 0) is 15.8 Å². The van der Waals surface area contributed by atoms with Crippen LogP contribution in [0.5, 0.6) is 0 Å². The number of hydrogen-bond acceptors (Lipinski definition) is 3. The van der Waals surface area contributed by atoms with E-state index in [0.29, 0.717) is 22.1 Å². The van der Waals surface area contributed by atoms with Crippen LogP contribution in [0.3, 0.4) is 0 Å². The maximum atomic E-state index is 13.1. The zero-order valence-corrected chi connectivity index (χ0v) is 14.9. The van der Waals surface area contributed by atoms with Crippen molar-refractivity contribution in [2.24, 2.45) is 0 Å². The molecule has 0 aromatic heterocycles. The zero-order valence-electron chi connectivity index (χ0n) is 14.2. The van der Waals surface area contributed by atoms with Gasteiger partial charge in [-0.3, -0.25) is 9.59 Å². The summed E-state index contributed by atoms with van der Waals surface area (Å²) in [6.45, 7) is 3.54. The fourth-order valence-electron chi connectivity index (χ4n) is 2.96. The molecule has 27 heavy (non-hydrogen) atoms. The Morgan fingerprint density at radius 1 is 1.00 bits per heavy atom. The monoisotopic (exact) mass is 395 g/mol. The van der Waals surface area contributed by atoms with Crippen LogP contribution in [0.25, 0.3) is 5.57 Å². The first-order valence-electron chi connectivity index (χ1n) is 7.78. The van der Waals surface area contributed by atoms with Crippen LogP contribution in [0.15, 0.2) is 42.2 Å². The number of amides is 2. The molecule has 3 rings (SSSR count). The molecule has 0 fully saturated rings. The molecule has 0 spiro atoms. The molecule has 0 saturated heterocycles. The Morgan fingerprint density at radius 2 is 1.67 bits per heavy atom. The number of hydrogen-bond donors (Lipinski definition) is 1. The van der Waals surface area contributed by atoms with E-state index in [0.717, 1.165) is 17.7 Å². The number of alkyl halides is 3. The molecular weight excluding hydrogens is 383 g/mol. The fourth-order valence-corrected chi connectivity index (χ4v) is 3.18. The molecule has 0 saturated carbocycles. The fraction of sp³-hybridized carbons (Fsp3) is 0.158. The van der Waals surface area contributed by atoms with Crippen LogP contribution in [-0.4, -0.2) is 16.9 Å². The van der Waals surface area contributed by atoms with Gasteiger partial charge in [0.25, 0.3) is 5.91 Å². The number of aliphatic hydroxyl groups excluding tert-OH is 1. The summed E-state index contributed by atoms with van der Waals surface area (Å²) in [6.07, 6.45) is -4.76. The first-order valence-corrected chi connectivity index (χ1v) is 8.16. The Hall–Kier alpha value is -2.80. The van der Waals surface area contributed by atoms with Crippen molar-refractivity contribution >= 4 is 34.7 Å². The van der Waals surface area contributed by atoms with E-state index in [9.17, 15) is 27.9 Å². The van der Waals surface area contributed by atoms with Crippen molar-refractivity contribution in [2.75, 3.05) is 4.90 Å². The van der Waals surface area contributed by atoms with E-state index in [4.69, 9.17) is 11.6 Å². The number of aryl methyl sites for hydroxylation is 2. The quantitative estimate of drug-likeness (QED) is 0.742. The van der Waals surface area contributed by atoms with Crippen LogP contribution in [0.1, 0.15) is 22.3 Å². The highest BCUT2D eigenvalue weighted by Crippen LogP contribution is 2.39. The molecule has 1 aliphatic heterocycles. The predicted octanol–water partition coefficient (Wildman–Crippen LogP) is 4.82. The lowest BCUT2D eigenvalue weighted by molar-refractivity contribution is -0.137. The second-order valence-corrected chi connectivity index (χ2v) is 6.56. The van der Waals surface area contributed by atoms with E-state index in [1.165, 1.54) is 0 Å². The molecule has 1 aliphatic rings. The standard InChI is InChI=1S/C19H13ClF3NO3/c1-9-3-5-12(10(2)7-9)15-16(25)18(27)24(17(15)26)11-4-6-14(20)13(8-11)19(21,22)23/h3-8,25H,1-2H3. The maximum Gasteiger partial charge on any atom is 0.417 e. The number of carbonyl (C=O) groups is 2. The number of aliphatic hydroxyl groups is 1. The summed E-state index contributed by atoms with van der Waals surface area (Å²) in [6, 6.07) is 7.72. The van der Waals surface area contributed by atoms with Crippen LogP contribution in [0.2, 0.25) is 5.02 Å². The van der Waals surface area contributed by atoms with Gasteiger partial charge >= 0.3 is 12.1 Å². The summed E-state index contributed by atoms with van der Waals surface area (Å²) in [5, 5.41) is 9.65. The smallest absolute Gasteiger partial charge is 0.417 e. The molecule has 1 heterocycles. The molecular formula is C19H13ClF3NO3. The van der Waals surface area contributed by atoms with Crippen molar-refractivity contribution in [3.63, 3.8) is 0 Å². The van der Waals surface area contributed by atoms with Crippen LogP contribution in [0, 0.1) is 13.8 Å². The third kappa shape index (κ3) is 3.19. The molecule has 0 radical (unpaired) electrons. The summed E-state index contributed by atoms with van der Waals surface area (Å²) < 4.78 is 39.3. The van der Waals surface area contributed by atoms with Gasteiger partial charge in [-0.1, -0.05) is 35.4 Å². The van der Waals surface area contributed by atoms with Crippen molar-refractivity contribution < 1.29 is 27.9 Å². The highest BCUT2D eigenvalue weighted by molar-refractivity contribution is 6.45. The molecule has 0 aliphatic carbocycles. The molecule has 140 valence electrons. The van der Waals surface area contributed by atoms with E-state index >= 15 is 0 Å². The largest absolute Gasteiger partial charge is 0.502 e. The summed E-state index contributed by atoms with van der Waals surface area (Å²) in [4.78, 5) is 25.7. The second-order valence-electron chi connectivity index (χ2n) is 6.15. The van der Waals surface area contributed by atoms with E-state index in [1.54, 1.807) is 25.1 Å². The Morgan fingerprint density at radius 3 is 2.26 bits per heavy atom. The number of carbonyl (C=O) groups excluding carboxylic acids is 2. The lowest BCUT2D eigenvalue weighted by Crippen LogP contribution is -2.31. The molecule has 0 bridgehead atoms. The van der Waals surface area contributed by atoms with E-state index < -0.39 is 34.3 Å². The van der Waals surface area contributed by atoms with E-state index in [1.807, 2.05) is 6.92 Å². The highest BCUT2D eigenvalue weighted by Gasteiger charge is 2.42. The van der Waals surface area contributed by atoms with Gasteiger partial charge in [-0.15, -0.1) is 0 Å². The molecule has 1 N–H and O–H groups in total. The SMILES string of the molecule is Cc1ccc(C2=C(O)C(=O)N(c3ccc(Cl)c(C(F)(F)F)c3)C2=O)c(C)c1. The van der Waals surface area contributed by atoms with Crippen LogP contribution >= 0.6 is 11.6 Å². The number of anilines is 1. The minimum Gasteiger partial charge on any atom is -0.502 e. The Labute approximate surface area is 157 Å². The third-order valence-electron chi connectivity index (χ3n) is 4.22. The number of rotatable bonds is 2. The van der Waals surface area contributed by atoms with Gasteiger partial charge in [0.05, 0.1) is 21.8 Å². The molecule has 8 heteroatoms. The summed E-state index contributed by atoms with van der Waals surface area (Å²) >= 11 is 5.58. The van der Waals surface area contributed by atoms with Crippen molar-refractivity contribution in [2.45, 2.75) is 20.0 Å². The third-order valence-corrected chi connectivity index (χ3v) is 4.55. The van der Waals surface area contributed by atoms with Crippen molar-refractivity contribution in [3.8, 4) is 0 Å². The van der Waals surface area contributed by atoms with Gasteiger partial charge < -0.3 is 5.11 Å². The molecule has 0 unspecified atom stereocenters. The van der Waals surface area contributed by atoms with Crippen molar-refractivity contribution in [1.82, 2.24) is 0 Å². The molecule has 0 atom stereocenters. The Bertz CT molecular complexity index is 1010. The summed E-state index contributed by atoms with van der Waals surface area (Å²) in [5.74, 6) is -2.80. The minimum absolute atomic E-state index is 0.249. The lowest BCUT2D eigenvalue weighted by atomic mass is 9.98. The first-order chi connectivity index (χ1) is 12.5. The Kier molecular flexibility index (Phi) is 4.51. The predicted molar refractivity (Wildman–Crippen MR) is 94.4 cm³/mol. The maximum absolute atomic E-state index is 13.1. The van der Waals surface area contributed by atoms with Crippen LogP contribution in [0.4, 0.5) is 18.9 Å². The van der Waals surface area contributed by atoms with Gasteiger partial charge in [0.15, 0.2) is 5.76 Å². The van der Waals surface area contributed by atoms with Gasteiger partial charge in [0, 0.05) is 0 Å². The zero-order chi connectivity index (χ0) is 20.1. The lowest BCUT2D eigenvalue weighted by Gasteiger charge is -2.17. The van der Waals surface area contributed by atoms with Gasteiger partial charge in [0.1, 0.15) is 0 Å². The number of nitrogens with zero attached hydrogens (tertiary/aromatic N) is 1. The van der Waals surface area contributed by atoms with E-state index in [-0.39, 0.29) is 11.3 Å². The highest BCUT2D eigenvalue weighted by atomic mass is 35.5. The van der Waals surface area contributed by atoms with Gasteiger partial charge in [-0.25, -0.2) is 4.90 Å². The summed E-state index contributed by atoms with van der Waals surface area (Å²) in [7, 11) is 0. The number of benzene rings is 2. The van der Waals surface area contributed by atoms with E-state index in [2.05, 4.69) is 0 Å². The first kappa shape index (κ1) is 19.0. The molecule has 4 nitrogen and oxygen atoms in total. The number of halogens is 4. The average Bonchev–Trinajstić information content (AvgIpc) is 2.78. The average molecular weight is 396 g/mol. The topological polar surface area (TPSA) is 57.6 Å². The summed E-state index contributed by atoms with van der Waals surface area (Å²) in [5.41, 5.74) is 0.142. The molecule has 2 aromatic rings. The van der Waals surface area contributed by atoms with Crippen LogP contribution < -0.4 is 4.90 Å². The van der Waals surface area contributed by atoms with Gasteiger partial charge in [-0.05, 0) is 43.2 Å². The minimum atomic E-state index is -4.76. The molecule has 2 amide bonds. The van der Waals surface area contributed by atoms with Crippen molar-refractivity contribution in [1.29, 1.82) is 0 Å². The molecule has 2 aromatic carbocycles. The Balaban J connectivity index is 2.09. The number of imide groups is 1. The van der Waals surface area contributed by atoms with Gasteiger partial charge in [-0.2, -0.15) is 13.2 Å².